The van der Waals surface area contributed by atoms with Crippen LogP contribution in [0.15, 0.2) is 114 Å². The van der Waals surface area contributed by atoms with Crippen molar-refractivity contribution in [1.29, 1.82) is 10.5 Å². The van der Waals surface area contributed by atoms with Crippen LogP contribution in [0.4, 0.5) is 105 Å². The summed E-state index contributed by atoms with van der Waals surface area (Å²) in [4.78, 5) is 12.3. The first-order valence-electron chi connectivity index (χ1n) is 19.9. The minimum Gasteiger partial charge on any atom is -0.289 e. The third kappa shape index (κ3) is 14.3. The standard InChI is InChI=1S/C32H12BF24.C14H13N2OS/c34-25(35,36)13-1-14(26(37,38)39)6-21(5-13)33(22-7-15(27(40,41)42)2-16(8-22)28(43,44)45,23-9-17(29(46,47)48)3-18(10-23)30(49,50)51)24-11-19(31(52,53)54)4-20(12-24)32(55,56)57;1-18(2)10-13(12(8-15)9-16)14(17)11-6-4-3-5-7-11/h1-12H;3-7H,10H2,1-2H3/q-1;+1. The molecule has 29 heteroatoms. The molecule has 0 saturated heterocycles. The third-order valence-electron chi connectivity index (χ3n) is 10.7. The van der Waals surface area contributed by atoms with Crippen molar-refractivity contribution >= 4 is 44.7 Å². The number of carbonyl (C=O) groups is 1. The summed E-state index contributed by atoms with van der Waals surface area (Å²) >= 11 is 0. The molecule has 5 aromatic rings. The van der Waals surface area contributed by atoms with E-state index in [1.54, 1.807) is 24.3 Å². The molecule has 0 saturated carbocycles. The van der Waals surface area contributed by atoms with Gasteiger partial charge in [-0.05, 0) is 35.2 Å². The number of ketones is 1. The predicted molar refractivity (Wildman–Crippen MR) is 223 cm³/mol. The van der Waals surface area contributed by atoms with Gasteiger partial charge in [0.05, 0.1) is 62.6 Å². The van der Waals surface area contributed by atoms with Crippen molar-refractivity contribution in [2.45, 2.75) is 49.4 Å². The normalized spacial score (nSPS) is 13.1. The first-order valence-corrected chi connectivity index (χ1v) is 22.1. The van der Waals surface area contributed by atoms with Crippen LogP contribution < -0.4 is 21.9 Å². The van der Waals surface area contributed by atoms with Gasteiger partial charge in [-0.3, -0.25) is 4.79 Å². The van der Waals surface area contributed by atoms with Gasteiger partial charge in [-0.2, -0.15) is 138 Å². The zero-order chi connectivity index (χ0) is 57.5. The van der Waals surface area contributed by atoms with Crippen molar-refractivity contribution in [2.75, 3.05) is 18.3 Å². The molecule has 0 fully saturated rings. The first-order chi connectivity index (χ1) is 33.9. The largest absolute Gasteiger partial charge is 0.416 e. The van der Waals surface area contributed by atoms with Crippen LogP contribution in [0.1, 0.15) is 54.9 Å². The summed E-state index contributed by atoms with van der Waals surface area (Å²) < 4.78 is 341. The van der Waals surface area contributed by atoms with Gasteiger partial charge in [0.15, 0.2) is 5.78 Å². The highest BCUT2D eigenvalue weighted by molar-refractivity contribution is 7.95. The van der Waals surface area contributed by atoms with E-state index in [2.05, 4.69) is 0 Å². The fourth-order valence-corrected chi connectivity index (χ4v) is 8.39. The number of alkyl halides is 24. The molecular formula is C46H25BF24N2OS. The van der Waals surface area contributed by atoms with E-state index in [4.69, 9.17) is 10.5 Å². The Kier molecular flexibility index (Phi) is 17.1. The molecule has 0 atom stereocenters. The Bertz CT molecular complexity index is 2580. The highest BCUT2D eigenvalue weighted by Gasteiger charge is 2.47. The number of hydrogen-bond acceptors (Lipinski definition) is 3. The second-order valence-electron chi connectivity index (χ2n) is 16.1. The van der Waals surface area contributed by atoms with Crippen molar-refractivity contribution in [3.8, 4) is 12.1 Å². The minimum absolute atomic E-state index is 0.0447. The summed E-state index contributed by atoms with van der Waals surface area (Å²) in [6.45, 7) is 0. The molecule has 0 spiro atoms. The molecule has 0 radical (unpaired) electrons. The number of Topliss-reactive ketones (excluding diaryl/α,β-unsaturated/α-hetero) is 1. The van der Waals surface area contributed by atoms with Gasteiger partial charge in [0.2, 0.25) is 0 Å². The zero-order valence-corrected chi connectivity index (χ0v) is 37.7. The smallest absolute Gasteiger partial charge is 0.289 e. The second kappa shape index (κ2) is 21.1. The Balaban J connectivity index is 0.000000569. The van der Waals surface area contributed by atoms with Crippen LogP contribution in [0.3, 0.4) is 0 Å². The predicted octanol–water partition coefficient (Wildman–Crippen LogP) is 13.3. The van der Waals surface area contributed by atoms with Crippen LogP contribution in [0.5, 0.6) is 0 Å². The third-order valence-corrected chi connectivity index (χ3v) is 11.6. The van der Waals surface area contributed by atoms with Crippen molar-refractivity contribution in [2.24, 2.45) is 0 Å². The van der Waals surface area contributed by atoms with Gasteiger partial charge in [0, 0.05) is 5.56 Å². The van der Waals surface area contributed by atoms with Crippen LogP contribution in [-0.2, 0) is 60.3 Å². The summed E-state index contributed by atoms with van der Waals surface area (Å²) in [7, 11) is -0.0447. The van der Waals surface area contributed by atoms with Gasteiger partial charge in [-0.15, -0.1) is 0 Å². The monoisotopic (exact) mass is 1120 g/mol. The van der Waals surface area contributed by atoms with Gasteiger partial charge in [0.25, 0.3) is 0 Å². The molecule has 3 nitrogen and oxygen atoms in total. The molecule has 0 aromatic heterocycles. The van der Waals surface area contributed by atoms with Crippen molar-refractivity contribution in [3.05, 3.63) is 164 Å². The molecule has 402 valence electrons. The Labute approximate surface area is 408 Å². The lowest BCUT2D eigenvalue weighted by atomic mass is 9.12. The summed E-state index contributed by atoms with van der Waals surface area (Å²) in [5, 5.41) is 17.9. The molecule has 0 heterocycles. The SMILES string of the molecule is C[S+](C)CC(C(=O)c1ccccc1)=C(C#N)C#N.FC(F)(F)c1cc([B-](c2cc(C(F)(F)F)cc(C(F)(F)F)c2)(c2cc(C(F)(F)F)cc(C(F)(F)F)c2)c2cc(C(F)(F)F)cc(C(F)(F)F)c2)cc(C(F)(F)F)c1. The van der Waals surface area contributed by atoms with E-state index in [-0.39, 0.29) is 22.3 Å². The van der Waals surface area contributed by atoms with Crippen LogP contribution >= 0.6 is 0 Å². The molecular weight excluding hydrogens is 1100 g/mol. The molecule has 0 aliphatic carbocycles. The number of halogens is 24. The molecule has 0 amide bonds. The Morgan fingerprint density at radius 2 is 0.613 bits per heavy atom. The highest BCUT2D eigenvalue weighted by Crippen LogP contribution is 2.41. The molecule has 0 aliphatic rings. The van der Waals surface area contributed by atoms with Crippen LogP contribution in [0.25, 0.3) is 0 Å². The second-order valence-corrected chi connectivity index (χ2v) is 18.4. The molecule has 0 bridgehead atoms. The fraction of sp³-hybridized carbons (Fsp3) is 0.239. The fourth-order valence-electron chi connectivity index (χ4n) is 7.53. The van der Waals surface area contributed by atoms with E-state index in [0.29, 0.717) is 16.9 Å². The number of nitriles is 2. The van der Waals surface area contributed by atoms with Gasteiger partial charge >= 0.3 is 49.4 Å². The molecule has 5 rings (SSSR count). The summed E-state index contributed by atoms with van der Waals surface area (Å²) in [5.41, 5.74) is -29.4. The molecule has 0 aliphatic heterocycles. The minimum atomic E-state index is -6.13. The summed E-state index contributed by atoms with van der Waals surface area (Å²) in [6.07, 6.45) is -50.9. The number of allylic oxidation sites excluding steroid dienone is 1. The van der Waals surface area contributed by atoms with Crippen LogP contribution in [0, 0.1) is 22.7 Å². The zero-order valence-electron chi connectivity index (χ0n) is 36.9. The van der Waals surface area contributed by atoms with Crippen LogP contribution in [0.2, 0.25) is 0 Å². The summed E-state index contributed by atoms with van der Waals surface area (Å²) in [5.74, 6) is 0.236. The average molecular weight is 1120 g/mol. The van der Waals surface area contributed by atoms with Crippen LogP contribution in [-0.4, -0.2) is 30.2 Å². The Morgan fingerprint density at radius 1 is 0.400 bits per heavy atom. The van der Waals surface area contributed by atoms with Gasteiger partial charge in [-0.25, -0.2) is 0 Å². The molecule has 0 N–H and O–H groups in total. The molecule has 75 heavy (non-hydrogen) atoms. The van der Waals surface area contributed by atoms with Crippen molar-refractivity contribution in [1.82, 2.24) is 0 Å². The number of hydrogen-bond donors (Lipinski definition) is 0. The number of nitrogens with zero attached hydrogens (tertiary/aromatic N) is 2. The van der Waals surface area contributed by atoms with Crippen molar-refractivity contribution < 1.29 is 110 Å². The van der Waals surface area contributed by atoms with E-state index in [1.807, 2.05) is 30.7 Å². The van der Waals surface area contributed by atoms with Gasteiger partial charge in [-0.1, -0.05) is 78.9 Å². The van der Waals surface area contributed by atoms with E-state index in [1.165, 1.54) is 0 Å². The topological polar surface area (TPSA) is 64.7 Å². The average Bonchev–Trinajstić information content (AvgIpc) is 3.27. The van der Waals surface area contributed by atoms with E-state index in [9.17, 15) is 110 Å². The number of benzene rings is 5. The van der Waals surface area contributed by atoms with Gasteiger partial charge < -0.3 is 0 Å². The quantitative estimate of drug-likeness (QED) is 0.0388. The maximum atomic E-state index is 14.2. The van der Waals surface area contributed by atoms with Gasteiger partial charge in [0.1, 0.15) is 29.6 Å². The van der Waals surface area contributed by atoms with E-state index >= 15 is 0 Å². The lowest BCUT2D eigenvalue weighted by molar-refractivity contribution is -0.144. The lowest BCUT2D eigenvalue weighted by Crippen LogP contribution is -2.75. The summed E-state index contributed by atoms with van der Waals surface area (Å²) in [6, 6.07) is 3.54. The first kappa shape index (κ1) is 60.8. The highest BCUT2D eigenvalue weighted by atomic mass is 32.2. The molecule has 0 unspecified atom stereocenters. The number of rotatable bonds is 8. The lowest BCUT2D eigenvalue weighted by Gasteiger charge is -2.46. The van der Waals surface area contributed by atoms with Crippen molar-refractivity contribution in [3.63, 3.8) is 0 Å². The molecule has 5 aromatic carbocycles. The maximum Gasteiger partial charge on any atom is 0.416 e. The maximum absolute atomic E-state index is 14.2. The Morgan fingerprint density at radius 3 is 0.787 bits per heavy atom. The van der Waals surface area contributed by atoms with E-state index < -0.39 is 195 Å². The Hall–Kier alpha value is -6.78. The van der Waals surface area contributed by atoms with E-state index in [0.717, 1.165) is 0 Å². The number of carbonyl (C=O) groups excluding carboxylic acids is 1.